The summed E-state index contributed by atoms with van der Waals surface area (Å²) < 4.78 is 39.2. The van der Waals surface area contributed by atoms with Crippen LogP contribution in [-0.2, 0) is 4.74 Å². The molecule has 2 N–H and O–H groups in total. The van der Waals surface area contributed by atoms with Gasteiger partial charge in [-0.15, -0.1) is 0 Å². The lowest BCUT2D eigenvalue weighted by Gasteiger charge is -2.25. The quantitative estimate of drug-likeness (QED) is 0.808. The fraction of sp³-hybridized carbons (Fsp3) is 0.900. The van der Waals surface area contributed by atoms with Crippen LogP contribution in [-0.4, -0.2) is 36.6 Å². The molecule has 2 atom stereocenters. The van der Waals surface area contributed by atoms with Crippen molar-refractivity contribution in [2.24, 2.45) is 5.92 Å². The number of aliphatic hydroxyl groups excluding tert-OH is 1. The summed E-state index contributed by atoms with van der Waals surface area (Å²) >= 11 is 0. The van der Waals surface area contributed by atoms with Gasteiger partial charge < -0.3 is 15.2 Å². The minimum atomic E-state index is -4.50. The van der Waals surface area contributed by atoms with E-state index in [-0.39, 0.29) is 18.6 Å². The van der Waals surface area contributed by atoms with Crippen LogP contribution in [0.4, 0.5) is 18.0 Å². The Bertz CT molecular complexity index is 258. The van der Waals surface area contributed by atoms with Crippen molar-refractivity contribution < 1.29 is 27.8 Å². The van der Waals surface area contributed by atoms with Crippen molar-refractivity contribution in [2.45, 2.75) is 38.0 Å². The van der Waals surface area contributed by atoms with E-state index in [1.165, 1.54) is 0 Å². The number of aliphatic hydroxyl groups is 1. The number of alkyl carbamates (subject to hydrolysis) is 1. The molecule has 1 saturated carbocycles. The monoisotopic (exact) mass is 255 g/mol. The smallest absolute Gasteiger partial charge is 0.422 e. The Morgan fingerprint density at radius 1 is 1.41 bits per heavy atom. The second-order valence-electron chi connectivity index (χ2n) is 4.26. The average molecular weight is 255 g/mol. The van der Waals surface area contributed by atoms with E-state index in [0.717, 1.165) is 19.3 Å². The van der Waals surface area contributed by atoms with Crippen LogP contribution >= 0.6 is 0 Å². The molecular formula is C10H16F3NO3. The number of rotatable bonds is 3. The number of amides is 1. The predicted molar refractivity (Wildman–Crippen MR) is 53.4 cm³/mol. The van der Waals surface area contributed by atoms with Gasteiger partial charge in [0.25, 0.3) is 0 Å². The molecule has 0 radical (unpaired) electrons. The minimum absolute atomic E-state index is 0.109. The van der Waals surface area contributed by atoms with Crippen molar-refractivity contribution >= 4 is 6.09 Å². The van der Waals surface area contributed by atoms with Gasteiger partial charge in [-0.2, -0.15) is 13.2 Å². The van der Waals surface area contributed by atoms with Gasteiger partial charge in [-0.05, 0) is 25.2 Å². The molecule has 1 rings (SSSR count). The molecule has 0 aromatic rings. The summed E-state index contributed by atoms with van der Waals surface area (Å²) in [7, 11) is 0. The second kappa shape index (κ2) is 6.09. The van der Waals surface area contributed by atoms with E-state index in [1.54, 1.807) is 0 Å². The molecule has 1 aliphatic rings. The lowest BCUT2D eigenvalue weighted by atomic mass is 9.87. The Balaban J connectivity index is 2.15. The van der Waals surface area contributed by atoms with Gasteiger partial charge in [0.05, 0.1) is 6.10 Å². The van der Waals surface area contributed by atoms with Crippen molar-refractivity contribution in [3.8, 4) is 0 Å². The molecule has 0 aliphatic heterocycles. The molecule has 4 nitrogen and oxygen atoms in total. The lowest BCUT2D eigenvalue weighted by molar-refractivity contribution is -0.160. The third kappa shape index (κ3) is 6.35. The number of nitrogens with one attached hydrogen (secondary N) is 1. The maximum atomic E-state index is 11.7. The lowest BCUT2D eigenvalue weighted by Crippen LogP contribution is -2.34. The normalized spacial score (nSPS) is 25.4. The highest BCUT2D eigenvalue weighted by Crippen LogP contribution is 2.23. The summed E-state index contributed by atoms with van der Waals surface area (Å²) in [6, 6.07) is 0. The van der Waals surface area contributed by atoms with Crippen molar-refractivity contribution in [1.82, 2.24) is 5.32 Å². The third-order valence-corrected chi connectivity index (χ3v) is 2.66. The van der Waals surface area contributed by atoms with Gasteiger partial charge in [0, 0.05) is 6.54 Å². The molecule has 2 unspecified atom stereocenters. The van der Waals surface area contributed by atoms with Gasteiger partial charge in [0.2, 0.25) is 0 Å². The molecule has 0 aromatic heterocycles. The molecule has 17 heavy (non-hydrogen) atoms. The molecule has 0 heterocycles. The first-order valence-corrected chi connectivity index (χ1v) is 5.52. The van der Waals surface area contributed by atoms with E-state index >= 15 is 0 Å². The van der Waals surface area contributed by atoms with Gasteiger partial charge in [-0.1, -0.05) is 6.42 Å². The summed E-state index contributed by atoms with van der Waals surface area (Å²) in [4.78, 5) is 10.9. The van der Waals surface area contributed by atoms with E-state index in [0.29, 0.717) is 6.42 Å². The topological polar surface area (TPSA) is 58.6 Å². The molecule has 0 spiro atoms. The Morgan fingerprint density at radius 2 is 2.12 bits per heavy atom. The average Bonchev–Trinajstić information content (AvgIpc) is 2.23. The first-order valence-electron chi connectivity index (χ1n) is 5.52. The molecule has 1 fully saturated rings. The Labute approximate surface area is 97.1 Å². The zero-order valence-corrected chi connectivity index (χ0v) is 9.29. The molecule has 7 heteroatoms. The van der Waals surface area contributed by atoms with Crippen LogP contribution in [0.5, 0.6) is 0 Å². The first-order chi connectivity index (χ1) is 7.87. The van der Waals surface area contributed by atoms with E-state index in [4.69, 9.17) is 0 Å². The highest BCUT2D eigenvalue weighted by molar-refractivity contribution is 5.67. The maximum absolute atomic E-state index is 11.7. The largest absolute Gasteiger partial charge is 0.440 e. The zero-order valence-electron chi connectivity index (χ0n) is 9.29. The van der Waals surface area contributed by atoms with Gasteiger partial charge >= 0.3 is 12.3 Å². The molecule has 1 aliphatic carbocycles. The van der Waals surface area contributed by atoms with Gasteiger partial charge in [0.1, 0.15) is 0 Å². The third-order valence-electron chi connectivity index (χ3n) is 2.66. The van der Waals surface area contributed by atoms with Crippen LogP contribution in [0.3, 0.4) is 0 Å². The van der Waals surface area contributed by atoms with Crippen LogP contribution in [0.2, 0.25) is 0 Å². The standard InChI is InChI=1S/C10H16F3NO3/c11-10(12,13)6-17-9(16)14-5-7-2-1-3-8(15)4-7/h7-8,15H,1-6H2,(H,14,16). The maximum Gasteiger partial charge on any atom is 0.422 e. The Hall–Kier alpha value is -0.980. The van der Waals surface area contributed by atoms with Crippen LogP contribution in [0, 0.1) is 5.92 Å². The summed E-state index contributed by atoms with van der Waals surface area (Å²) in [5, 5.41) is 11.6. The second-order valence-corrected chi connectivity index (χ2v) is 4.26. The van der Waals surface area contributed by atoms with Crippen molar-refractivity contribution in [3.05, 3.63) is 0 Å². The highest BCUT2D eigenvalue weighted by Gasteiger charge is 2.29. The van der Waals surface area contributed by atoms with E-state index in [1.807, 2.05) is 0 Å². The van der Waals surface area contributed by atoms with Crippen LogP contribution in [0.15, 0.2) is 0 Å². The van der Waals surface area contributed by atoms with Crippen LogP contribution < -0.4 is 5.32 Å². The Kier molecular flexibility index (Phi) is 5.04. The summed E-state index contributed by atoms with van der Waals surface area (Å²) in [5.74, 6) is 0.109. The fourth-order valence-corrected chi connectivity index (χ4v) is 1.87. The molecule has 100 valence electrons. The number of ether oxygens (including phenoxy) is 1. The summed E-state index contributed by atoms with van der Waals surface area (Å²) in [6.07, 6.45) is -2.90. The summed E-state index contributed by atoms with van der Waals surface area (Å²) in [6.45, 7) is -1.33. The molecule has 1 amide bonds. The van der Waals surface area contributed by atoms with Crippen LogP contribution in [0.1, 0.15) is 25.7 Å². The van der Waals surface area contributed by atoms with E-state index < -0.39 is 18.9 Å². The van der Waals surface area contributed by atoms with E-state index in [2.05, 4.69) is 10.1 Å². The van der Waals surface area contributed by atoms with Gasteiger partial charge in [0.15, 0.2) is 6.61 Å². The number of hydrogen-bond donors (Lipinski definition) is 2. The molecule has 0 aromatic carbocycles. The highest BCUT2D eigenvalue weighted by atomic mass is 19.4. The minimum Gasteiger partial charge on any atom is -0.440 e. The van der Waals surface area contributed by atoms with Gasteiger partial charge in [-0.25, -0.2) is 4.79 Å². The zero-order chi connectivity index (χ0) is 12.9. The molecule has 0 saturated heterocycles. The molecule has 0 bridgehead atoms. The summed E-state index contributed by atoms with van der Waals surface area (Å²) in [5.41, 5.74) is 0. The number of alkyl halides is 3. The van der Waals surface area contributed by atoms with Crippen molar-refractivity contribution in [2.75, 3.05) is 13.2 Å². The van der Waals surface area contributed by atoms with E-state index in [9.17, 15) is 23.1 Å². The molecular weight excluding hydrogens is 239 g/mol. The number of carbonyl (C=O) groups excluding carboxylic acids is 1. The fourth-order valence-electron chi connectivity index (χ4n) is 1.87. The van der Waals surface area contributed by atoms with Gasteiger partial charge in [-0.3, -0.25) is 0 Å². The van der Waals surface area contributed by atoms with Crippen molar-refractivity contribution in [1.29, 1.82) is 0 Å². The number of halogens is 3. The number of hydrogen-bond acceptors (Lipinski definition) is 3. The van der Waals surface area contributed by atoms with Crippen molar-refractivity contribution in [3.63, 3.8) is 0 Å². The van der Waals surface area contributed by atoms with Crippen LogP contribution in [0.25, 0.3) is 0 Å². The first kappa shape index (κ1) is 14.1. The Morgan fingerprint density at radius 3 is 2.71 bits per heavy atom. The number of carbonyl (C=O) groups is 1. The SMILES string of the molecule is O=C(NCC1CCCC(O)C1)OCC(F)(F)F. The predicted octanol–water partition coefficient (Wildman–Crippen LogP) is 1.83.